The zero-order chi connectivity index (χ0) is 9.42. The second-order valence-corrected chi connectivity index (χ2v) is 5.26. The highest BCUT2D eigenvalue weighted by molar-refractivity contribution is 8.00. The van der Waals surface area contributed by atoms with Gasteiger partial charge in [-0.3, -0.25) is 0 Å². The van der Waals surface area contributed by atoms with Crippen molar-refractivity contribution in [2.24, 2.45) is 7.05 Å². The minimum Gasteiger partial charge on any atom is -0.179 e. The SMILES string of the molecule is CSc1sc2cc(Cl)ccc2[n+]1C. The van der Waals surface area contributed by atoms with Crippen molar-refractivity contribution in [2.75, 3.05) is 6.26 Å². The summed E-state index contributed by atoms with van der Waals surface area (Å²) in [6.07, 6.45) is 2.09. The molecule has 0 saturated carbocycles. The number of fused-ring (bicyclic) bond motifs is 1. The van der Waals surface area contributed by atoms with Gasteiger partial charge in [0.1, 0.15) is 11.7 Å². The third kappa shape index (κ3) is 1.56. The highest BCUT2D eigenvalue weighted by Gasteiger charge is 2.15. The molecule has 2 aromatic rings. The molecule has 68 valence electrons. The van der Waals surface area contributed by atoms with Gasteiger partial charge in [-0.15, -0.1) is 0 Å². The highest BCUT2D eigenvalue weighted by atomic mass is 35.5. The summed E-state index contributed by atoms with van der Waals surface area (Å²) in [4.78, 5) is 0. The van der Waals surface area contributed by atoms with E-state index in [4.69, 9.17) is 11.6 Å². The Morgan fingerprint density at radius 2 is 2.23 bits per heavy atom. The fraction of sp³-hybridized carbons (Fsp3) is 0.222. The first-order valence-corrected chi connectivity index (χ1v) is 6.26. The van der Waals surface area contributed by atoms with Gasteiger partial charge in [-0.05, 0) is 30.2 Å². The molecule has 0 aliphatic rings. The van der Waals surface area contributed by atoms with E-state index in [1.807, 2.05) is 12.1 Å². The molecule has 0 amide bonds. The molecule has 1 aromatic carbocycles. The van der Waals surface area contributed by atoms with Gasteiger partial charge < -0.3 is 0 Å². The summed E-state index contributed by atoms with van der Waals surface area (Å²) in [6.45, 7) is 0. The molecule has 1 aromatic heterocycles. The standard InChI is InChI=1S/C9H9ClNS2/c1-11-7-4-3-6(10)5-8(7)13-9(11)12-2/h3-5H,1-2H3/q+1. The Hall–Kier alpha value is -0.250. The number of hydrogen-bond donors (Lipinski definition) is 0. The number of thiazole rings is 1. The van der Waals surface area contributed by atoms with Crippen LogP contribution in [0.15, 0.2) is 22.5 Å². The van der Waals surface area contributed by atoms with Crippen molar-refractivity contribution < 1.29 is 4.57 Å². The van der Waals surface area contributed by atoms with Crippen LogP contribution in [0, 0.1) is 0 Å². The lowest BCUT2D eigenvalue weighted by Crippen LogP contribution is -2.27. The van der Waals surface area contributed by atoms with E-state index in [-0.39, 0.29) is 0 Å². The predicted octanol–water partition coefficient (Wildman–Crippen LogP) is 3.10. The number of benzene rings is 1. The Morgan fingerprint density at radius 1 is 1.46 bits per heavy atom. The predicted molar refractivity (Wildman–Crippen MR) is 59.8 cm³/mol. The first-order valence-electron chi connectivity index (χ1n) is 3.84. The lowest BCUT2D eigenvalue weighted by Gasteiger charge is -1.87. The van der Waals surface area contributed by atoms with E-state index in [1.165, 1.54) is 14.6 Å². The Balaban J connectivity index is 2.76. The average molecular weight is 231 g/mol. The van der Waals surface area contributed by atoms with Gasteiger partial charge in [-0.1, -0.05) is 22.9 Å². The third-order valence-electron chi connectivity index (χ3n) is 1.93. The van der Waals surface area contributed by atoms with Crippen LogP contribution in [-0.4, -0.2) is 6.26 Å². The molecule has 0 radical (unpaired) electrons. The van der Waals surface area contributed by atoms with E-state index in [9.17, 15) is 0 Å². The van der Waals surface area contributed by atoms with Crippen molar-refractivity contribution in [1.29, 1.82) is 0 Å². The van der Waals surface area contributed by atoms with Gasteiger partial charge >= 0.3 is 0 Å². The van der Waals surface area contributed by atoms with Crippen LogP contribution >= 0.6 is 34.7 Å². The van der Waals surface area contributed by atoms with Gasteiger partial charge in [0.15, 0.2) is 0 Å². The molecule has 0 aliphatic heterocycles. The summed E-state index contributed by atoms with van der Waals surface area (Å²) in [5, 5.41) is 0.807. The first-order chi connectivity index (χ1) is 6.22. The molecule has 0 spiro atoms. The molecular formula is C9H9ClNS2+. The van der Waals surface area contributed by atoms with Crippen molar-refractivity contribution in [3.8, 4) is 0 Å². The fourth-order valence-electron chi connectivity index (χ4n) is 1.29. The molecule has 0 atom stereocenters. The topological polar surface area (TPSA) is 3.88 Å². The number of halogens is 1. The Kier molecular flexibility index (Phi) is 2.49. The number of aryl methyl sites for hydroxylation is 1. The van der Waals surface area contributed by atoms with Crippen LogP contribution in [0.2, 0.25) is 5.02 Å². The third-order valence-corrected chi connectivity index (χ3v) is 4.53. The molecule has 2 rings (SSSR count). The van der Waals surface area contributed by atoms with E-state index in [1.54, 1.807) is 23.1 Å². The minimum absolute atomic E-state index is 0.807. The molecular weight excluding hydrogens is 222 g/mol. The molecule has 4 heteroatoms. The molecule has 0 fully saturated rings. The lowest BCUT2D eigenvalue weighted by molar-refractivity contribution is -0.676. The molecule has 0 aliphatic carbocycles. The lowest BCUT2D eigenvalue weighted by atomic mass is 10.3. The van der Waals surface area contributed by atoms with E-state index in [2.05, 4.69) is 23.9 Å². The Bertz CT molecular complexity index is 450. The number of rotatable bonds is 1. The number of nitrogens with zero attached hydrogens (tertiary/aromatic N) is 1. The summed E-state index contributed by atoms with van der Waals surface area (Å²) in [7, 11) is 2.08. The minimum atomic E-state index is 0.807. The second kappa shape index (κ2) is 3.48. The van der Waals surface area contributed by atoms with Gasteiger partial charge in [-0.25, -0.2) is 0 Å². The van der Waals surface area contributed by atoms with E-state index in [0.29, 0.717) is 0 Å². The van der Waals surface area contributed by atoms with Crippen LogP contribution in [0.5, 0.6) is 0 Å². The largest absolute Gasteiger partial charge is 0.297 e. The summed E-state index contributed by atoms with van der Waals surface area (Å²) < 4.78 is 4.75. The van der Waals surface area contributed by atoms with Gasteiger partial charge in [-0.2, -0.15) is 4.57 Å². The number of hydrogen-bond acceptors (Lipinski definition) is 2. The van der Waals surface area contributed by atoms with Crippen molar-refractivity contribution in [3.05, 3.63) is 23.2 Å². The molecule has 1 heterocycles. The summed E-state index contributed by atoms with van der Waals surface area (Å²) in [5.41, 5.74) is 1.25. The number of aromatic nitrogens is 1. The van der Waals surface area contributed by atoms with Crippen molar-refractivity contribution in [1.82, 2.24) is 0 Å². The maximum absolute atomic E-state index is 5.91. The quantitative estimate of drug-likeness (QED) is 0.538. The summed E-state index contributed by atoms with van der Waals surface area (Å²) in [5.74, 6) is 0. The zero-order valence-electron chi connectivity index (χ0n) is 7.37. The second-order valence-electron chi connectivity index (χ2n) is 2.74. The van der Waals surface area contributed by atoms with Gasteiger partial charge in [0.25, 0.3) is 4.34 Å². The van der Waals surface area contributed by atoms with Gasteiger partial charge in [0.2, 0.25) is 5.52 Å². The van der Waals surface area contributed by atoms with Crippen molar-refractivity contribution in [2.45, 2.75) is 4.34 Å². The molecule has 1 nitrogen and oxygen atoms in total. The smallest absolute Gasteiger partial charge is 0.179 e. The van der Waals surface area contributed by atoms with Crippen molar-refractivity contribution in [3.63, 3.8) is 0 Å². The van der Waals surface area contributed by atoms with Crippen LogP contribution in [0.4, 0.5) is 0 Å². The normalized spacial score (nSPS) is 11.0. The molecule has 0 saturated heterocycles. The van der Waals surface area contributed by atoms with Crippen LogP contribution in [0.3, 0.4) is 0 Å². The molecule has 0 bridgehead atoms. The monoisotopic (exact) mass is 230 g/mol. The Morgan fingerprint density at radius 3 is 2.92 bits per heavy atom. The molecule has 13 heavy (non-hydrogen) atoms. The van der Waals surface area contributed by atoms with Crippen molar-refractivity contribution >= 4 is 44.9 Å². The molecule has 0 unspecified atom stereocenters. The van der Waals surface area contributed by atoms with Crippen LogP contribution in [0.25, 0.3) is 10.2 Å². The first kappa shape index (κ1) is 9.31. The number of thioether (sulfide) groups is 1. The highest BCUT2D eigenvalue weighted by Crippen LogP contribution is 2.27. The maximum atomic E-state index is 5.91. The maximum Gasteiger partial charge on any atom is 0.297 e. The van der Waals surface area contributed by atoms with Gasteiger partial charge in [0, 0.05) is 11.1 Å². The average Bonchev–Trinajstić information content (AvgIpc) is 2.42. The summed E-state index contributed by atoms with van der Waals surface area (Å²) >= 11 is 9.46. The van der Waals surface area contributed by atoms with Gasteiger partial charge in [0.05, 0.1) is 0 Å². The Labute approximate surface area is 90.3 Å². The fourth-order valence-corrected chi connectivity index (χ4v) is 3.42. The van der Waals surface area contributed by atoms with Crippen LogP contribution in [0.1, 0.15) is 0 Å². The van der Waals surface area contributed by atoms with Crippen LogP contribution in [-0.2, 0) is 7.05 Å². The van der Waals surface area contributed by atoms with E-state index >= 15 is 0 Å². The van der Waals surface area contributed by atoms with E-state index < -0.39 is 0 Å². The zero-order valence-corrected chi connectivity index (χ0v) is 9.76. The molecule has 0 N–H and O–H groups in total. The van der Waals surface area contributed by atoms with E-state index in [0.717, 1.165) is 5.02 Å². The summed E-state index contributed by atoms with van der Waals surface area (Å²) in [6, 6.07) is 6.01. The van der Waals surface area contributed by atoms with Crippen LogP contribution < -0.4 is 4.57 Å².